The molecule has 14 heteroatoms. The van der Waals surface area contributed by atoms with Gasteiger partial charge in [0, 0.05) is 25.4 Å². The lowest BCUT2D eigenvalue weighted by Gasteiger charge is -2.41. The number of aliphatic hydroxyl groups is 2. The van der Waals surface area contributed by atoms with Crippen molar-refractivity contribution < 1.29 is 37.7 Å². The molecule has 4 atom stereocenters. The first kappa shape index (κ1) is 28.2. The van der Waals surface area contributed by atoms with Crippen LogP contribution in [0.1, 0.15) is 18.0 Å². The highest BCUT2D eigenvalue weighted by Crippen LogP contribution is 2.35. The van der Waals surface area contributed by atoms with Crippen LogP contribution < -0.4 is 20.7 Å². The van der Waals surface area contributed by atoms with Gasteiger partial charge in [0.15, 0.2) is 6.04 Å². The third-order valence-electron chi connectivity index (χ3n) is 6.96. The molecule has 3 aliphatic rings. The zero-order valence-corrected chi connectivity index (χ0v) is 21.7. The number of hydrogen-bond acceptors (Lipinski definition) is 8. The second-order valence-corrected chi connectivity index (χ2v) is 9.82. The fraction of sp³-hybridized carbons (Fsp3) is 0.370. The Morgan fingerprint density at radius 1 is 1.22 bits per heavy atom. The largest absolute Gasteiger partial charge is 0.491 e. The Hall–Kier alpha value is -4.30. The van der Waals surface area contributed by atoms with E-state index in [1.165, 1.54) is 53.6 Å². The summed E-state index contributed by atoms with van der Waals surface area (Å²) in [7, 11) is 0. The van der Waals surface area contributed by atoms with Crippen LogP contribution >= 0.6 is 0 Å². The molecule has 2 bridgehead atoms. The molecule has 4 heterocycles. The molecular formula is C27H29F3N6O5. The van der Waals surface area contributed by atoms with Crippen LogP contribution in [0.3, 0.4) is 0 Å². The molecule has 0 spiro atoms. The topological polar surface area (TPSA) is 139 Å². The summed E-state index contributed by atoms with van der Waals surface area (Å²) in [5.41, 5.74) is 0.553. The molecule has 5 rings (SSSR count). The number of alkyl halides is 3. The Morgan fingerprint density at radius 3 is 2.73 bits per heavy atom. The van der Waals surface area contributed by atoms with Crippen molar-refractivity contribution in [2.24, 2.45) is 0 Å². The predicted octanol–water partition coefficient (Wildman–Crippen LogP) is 1.85. The number of fused-ring (bicyclic) bond motifs is 3. The van der Waals surface area contributed by atoms with Crippen LogP contribution in [0.25, 0.3) is 0 Å². The summed E-state index contributed by atoms with van der Waals surface area (Å²) < 4.78 is 47.0. The van der Waals surface area contributed by atoms with Crippen LogP contribution in [-0.4, -0.2) is 87.6 Å². The fourth-order valence-corrected chi connectivity index (χ4v) is 4.97. The van der Waals surface area contributed by atoms with Crippen LogP contribution in [0, 0.1) is 0 Å². The highest BCUT2D eigenvalue weighted by atomic mass is 19.4. The maximum atomic E-state index is 13.9. The van der Waals surface area contributed by atoms with E-state index in [1.807, 2.05) is 4.90 Å². The van der Waals surface area contributed by atoms with Crippen LogP contribution in [0.2, 0.25) is 0 Å². The lowest BCUT2D eigenvalue weighted by molar-refractivity contribution is -0.163. The summed E-state index contributed by atoms with van der Waals surface area (Å²) in [6, 6.07) is 5.92. The average Bonchev–Trinajstić information content (AvgIpc) is 3.38. The van der Waals surface area contributed by atoms with E-state index in [2.05, 4.69) is 20.9 Å². The molecule has 5 N–H and O–H groups in total. The van der Waals surface area contributed by atoms with Gasteiger partial charge in [-0.2, -0.15) is 13.2 Å². The maximum absolute atomic E-state index is 13.9. The minimum atomic E-state index is -4.72. The van der Waals surface area contributed by atoms with E-state index < -0.39 is 42.9 Å². The van der Waals surface area contributed by atoms with Gasteiger partial charge in [-0.05, 0) is 24.1 Å². The van der Waals surface area contributed by atoms with Gasteiger partial charge in [0.1, 0.15) is 36.1 Å². The Balaban J connectivity index is 1.32. The smallest absolute Gasteiger partial charge is 0.412 e. The van der Waals surface area contributed by atoms with Gasteiger partial charge in [0.2, 0.25) is 5.91 Å². The average molecular weight is 575 g/mol. The molecule has 1 aromatic heterocycles. The summed E-state index contributed by atoms with van der Waals surface area (Å²) in [6.45, 7) is 0.584. The van der Waals surface area contributed by atoms with Gasteiger partial charge in [-0.25, -0.2) is 9.78 Å². The first-order valence-corrected chi connectivity index (χ1v) is 13.0. The fourth-order valence-electron chi connectivity index (χ4n) is 4.97. The lowest BCUT2D eigenvalue weighted by atomic mass is 10.0. The van der Waals surface area contributed by atoms with Gasteiger partial charge < -0.3 is 30.5 Å². The van der Waals surface area contributed by atoms with E-state index in [-0.39, 0.29) is 24.0 Å². The van der Waals surface area contributed by atoms with Crippen LogP contribution in [0.4, 0.5) is 23.8 Å². The lowest BCUT2D eigenvalue weighted by Crippen LogP contribution is -2.56. The number of hydrogen-bond donors (Lipinski definition) is 5. The number of rotatable bonds is 8. The summed E-state index contributed by atoms with van der Waals surface area (Å²) in [6.07, 6.45) is -0.623. The van der Waals surface area contributed by atoms with Crippen molar-refractivity contribution in [1.29, 1.82) is 0 Å². The summed E-state index contributed by atoms with van der Waals surface area (Å²) >= 11 is 0. The van der Waals surface area contributed by atoms with Crippen molar-refractivity contribution in [3.05, 3.63) is 77.9 Å². The quantitative estimate of drug-likeness (QED) is 0.322. The number of aromatic nitrogens is 1. The first-order valence-electron chi connectivity index (χ1n) is 13.0. The molecule has 1 aromatic carbocycles. The standard InChI is InChI=1S/C27H29F3N6O5/c28-27(29,30)23(16-4-2-1-3-5-16)34-25(39)20-6-7-21-24(32-20)36(17-9-11-35(21)13-17)26(40)33-22-12-19(8-10-31-22)41-15-18(38)14-37/h1-8,10,12,17-18,20,23,32,37-38H,9,11,13-15H2,(H,34,39)(H,31,33,40)/t17-,18+,20?,23+/m0/s1. The molecule has 1 saturated heterocycles. The van der Waals surface area contributed by atoms with Gasteiger partial charge in [-0.15, -0.1) is 0 Å². The zero-order valence-electron chi connectivity index (χ0n) is 21.7. The minimum absolute atomic E-state index is 0.0968. The summed E-state index contributed by atoms with van der Waals surface area (Å²) in [5.74, 6) is -0.129. The molecule has 0 aliphatic carbocycles. The number of amides is 3. The molecule has 0 saturated carbocycles. The number of halogens is 3. The molecule has 11 nitrogen and oxygen atoms in total. The van der Waals surface area contributed by atoms with Crippen molar-refractivity contribution in [3.8, 4) is 5.75 Å². The first-order chi connectivity index (χ1) is 19.6. The van der Waals surface area contributed by atoms with Gasteiger partial charge in [-0.1, -0.05) is 36.4 Å². The molecule has 0 radical (unpaired) electrons. The number of ether oxygens (including phenoxy) is 1. The van der Waals surface area contributed by atoms with Crippen molar-refractivity contribution in [2.45, 2.75) is 36.8 Å². The van der Waals surface area contributed by atoms with E-state index in [0.29, 0.717) is 36.8 Å². The van der Waals surface area contributed by atoms with Crippen molar-refractivity contribution >= 4 is 17.8 Å². The molecule has 3 aliphatic heterocycles. The Bertz CT molecular complexity index is 1340. The normalized spacial score (nSPS) is 21.1. The second kappa shape index (κ2) is 11.7. The van der Waals surface area contributed by atoms with E-state index >= 15 is 0 Å². The van der Waals surface area contributed by atoms with E-state index in [0.717, 1.165) is 0 Å². The Labute approximate surface area is 233 Å². The number of urea groups is 1. The number of anilines is 1. The number of aliphatic hydroxyl groups excluding tert-OH is 2. The molecular weight excluding hydrogens is 545 g/mol. The monoisotopic (exact) mass is 574 g/mol. The predicted molar refractivity (Wildman–Crippen MR) is 140 cm³/mol. The highest BCUT2D eigenvalue weighted by molar-refractivity contribution is 5.91. The number of allylic oxidation sites excluding steroid dienone is 1. The van der Waals surface area contributed by atoms with E-state index in [1.54, 1.807) is 12.1 Å². The molecule has 218 valence electrons. The number of carbonyl (C=O) groups is 2. The second-order valence-electron chi connectivity index (χ2n) is 9.82. The number of carbonyl (C=O) groups excluding carboxylic acids is 2. The molecule has 1 unspecified atom stereocenters. The van der Waals surface area contributed by atoms with E-state index in [4.69, 9.17) is 9.84 Å². The molecule has 2 aromatic rings. The Kier molecular flexibility index (Phi) is 8.03. The third kappa shape index (κ3) is 6.23. The third-order valence-corrected chi connectivity index (χ3v) is 6.96. The number of pyridine rings is 1. The van der Waals surface area contributed by atoms with E-state index in [9.17, 15) is 27.9 Å². The molecule has 3 amide bonds. The van der Waals surface area contributed by atoms with Crippen molar-refractivity contribution in [1.82, 2.24) is 25.4 Å². The number of nitrogens with zero attached hydrogens (tertiary/aromatic N) is 3. The summed E-state index contributed by atoms with van der Waals surface area (Å²) in [4.78, 5) is 34.2. The van der Waals surface area contributed by atoms with Crippen molar-refractivity contribution in [2.75, 3.05) is 31.6 Å². The minimum Gasteiger partial charge on any atom is -0.491 e. The van der Waals surface area contributed by atoms with Crippen LogP contribution in [0.5, 0.6) is 5.75 Å². The van der Waals surface area contributed by atoms with Crippen LogP contribution in [-0.2, 0) is 4.79 Å². The van der Waals surface area contributed by atoms with Crippen LogP contribution in [0.15, 0.2) is 72.3 Å². The maximum Gasteiger partial charge on any atom is 0.412 e. The van der Waals surface area contributed by atoms with Crippen molar-refractivity contribution in [3.63, 3.8) is 0 Å². The highest BCUT2D eigenvalue weighted by Gasteiger charge is 2.45. The molecule has 1 fully saturated rings. The van der Waals surface area contributed by atoms with Gasteiger partial charge >= 0.3 is 12.2 Å². The molecule has 41 heavy (non-hydrogen) atoms. The zero-order chi connectivity index (χ0) is 29.1. The SMILES string of the molecule is O=C(N[C@H](c1ccccc1)C(F)(F)F)C1C=CC2=C(N1)N(C(=O)Nc1cc(OC[C@H](O)CO)ccn1)[C@H]1CCN2C1. The van der Waals surface area contributed by atoms with Gasteiger partial charge in [-0.3, -0.25) is 15.0 Å². The van der Waals surface area contributed by atoms with Gasteiger partial charge in [0.25, 0.3) is 0 Å². The summed E-state index contributed by atoms with van der Waals surface area (Å²) in [5, 5.41) is 26.2. The van der Waals surface area contributed by atoms with Gasteiger partial charge in [0.05, 0.1) is 18.3 Å². The number of dihydropyridines is 1. The number of nitrogens with one attached hydrogen (secondary N) is 3. The Morgan fingerprint density at radius 2 is 2.00 bits per heavy atom. The number of benzene rings is 1.